The molecular weight excluding hydrogens is 188 g/mol. The molecule has 0 aromatic heterocycles. The summed E-state index contributed by atoms with van der Waals surface area (Å²) in [5.74, 6) is -0.331. The van der Waals surface area contributed by atoms with Crippen molar-refractivity contribution in [1.29, 1.82) is 0 Å². The largest absolute Gasteiger partial charge is 0.393 e. The smallest absolute Gasteiger partial charge is 0.229 e. The number of amides is 2. The highest BCUT2D eigenvalue weighted by Gasteiger charge is 2.30. The van der Waals surface area contributed by atoms with E-state index in [4.69, 9.17) is 18.0 Å². The first-order chi connectivity index (χ1) is 6.02. The first-order valence-electron chi connectivity index (χ1n) is 4.15. The minimum absolute atomic E-state index is 0.0963. The summed E-state index contributed by atoms with van der Waals surface area (Å²) in [5, 5.41) is 0. The molecule has 2 N–H and O–H groups in total. The number of likely N-dealkylation sites (tertiary alicyclic amines) is 1. The molecule has 0 radical (unpaired) electrons. The first-order valence-corrected chi connectivity index (χ1v) is 4.55. The monoisotopic (exact) mass is 200 g/mol. The van der Waals surface area contributed by atoms with Gasteiger partial charge in [0.15, 0.2) is 0 Å². The number of hydrogen-bond donors (Lipinski definition) is 1. The summed E-state index contributed by atoms with van der Waals surface area (Å²) in [6.45, 7) is 2.13. The van der Waals surface area contributed by atoms with Gasteiger partial charge in [0, 0.05) is 25.3 Å². The third-order valence-corrected chi connectivity index (χ3v) is 2.50. The van der Waals surface area contributed by atoms with Gasteiger partial charge in [0.25, 0.3) is 0 Å². The molecule has 1 heterocycles. The molecule has 1 rings (SSSR count). The van der Waals surface area contributed by atoms with E-state index in [-0.39, 0.29) is 17.7 Å². The molecule has 0 spiro atoms. The van der Waals surface area contributed by atoms with Crippen molar-refractivity contribution in [2.75, 3.05) is 6.54 Å². The topological polar surface area (TPSA) is 63.4 Å². The van der Waals surface area contributed by atoms with Gasteiger partial charge in [-0.2, -0.15) is 0 Å². The van der Waals surface area contributed by atoms with Crippen LogP contribution in [0.4, 0.5) is 0 Å². The summed E-state index contributed by atoms with van der Waals surface area (Å²) < 4.78 is 0. The summed E-state index contributed by atoms with van der Waals surface area (Å²) in [6, 6.07) is 0. The predicted molar refractivity (Wildman–Crippen MR) is 51.9 cm³/mol. The molecule has 0 bridgehead atoms. The summed E-state index contributed by atoms with van der Waals surface area (Å²) in [5.41, 5.74) is 5.39. The van der Waals surface area contributed by atoms with Crippen molar-refractivity contribution in [3.63, 3.8) is 0 Å². The van der Waals surface area contributed by atoms with Crippen molar-refractivity contribution in [2.24, 2.45) is 11.7 Å². The zero-order valence-corrected chi connectivity index (χ0v) is 8.26. The van der Waals surface area contributed by atoms with Crippen LogP contribution in [0.5, 0.6) is 0 Å². The van der Waals surface area contributed by atoms with Crippen LogP contribution in [0, 0.1) is 5.92 Å². The van der Waals surface area contributed by atoms with E-state index in [1.54, 1.807) is 6.92 Å². The fourth-order valence-corrected chi connectivity index (χ4v) is 1.26. The van der Waals surface area contributed by atoms with Crippen molar-refractivity contribution in [3.8, 4) is 0 Å². The molecule has 0 aromatic rings. The molecule has 13 heavy (non-hydrogen) atoms. The number of carbonyl (C=O) groups is 2. The van der Waals surface area contributed by atoms with E-state index < -0.39 is 0 Å². The normalized spacial score (nSPS) is 19.3. The lowest BCUT2D eigenvalue weighted by molar-refractivity contribution is -0.138. The van der Waals surface area contributed by atoms with Crippen LogP contribution in [0.2, 0.25) is 0 Å². The van der Waals surface area contributed by atoms with Gasteiger partial charge < -0.3 is 5.73 Å². The maximum absolute atomic E-state index is 11.2. The minimum atomic E-state index is -0.117. The molecule has 5 heteroatoms. The van der Waals surface area contributed by atoms with Crippen LogP contribution in [-0.2, 0) is 9.59 Å². The SMILES string of the molecule is CC(CN1C(=O)CCC1=O)C(N)=S. The van der Waals surface area contributed by atoms with Gasteiger partial charge in [0.05, 0.1) is 4.99 Å². The average molecular weight is 200 g/mol. The fourth-order valence-electron chi connectivity index (χ4n) is 1.19. The summed E-state index contributed by atoms with van der Waals surface area (Å²) in [7, 11) is 0. The number of carbonyl (C=O) groups excluding carboxylic acids is 2. The molecule has 72 valence electrons. The molecule has 1 aliphatic heterocycles. The molecule has 1 aliphatic rings. The lowest BCUT2D eigenvalue weighted by Crippen LogP contribution is -2.37. The second-order valence-corrected chi connectivity index (χ2v) is 3.67. The number of nitrogens with two attached hydrogens (primary N) is 1. The molecule has 0 aromatic carbocycles. The van der Waals surface area contributed by atoms with E-state index in [0.29, 0.717) is 24.4 Å². The zero-order valence-electron chi connectivity index (χ0n) is 7.45. The van der Waals surface area contributed by atoms with Crippen molar-refractivity contribution in [1.82, 2.24) is 4.90 Å². The van der Waals surface area contributed by atoms with Crippen LogP contribution in [0.1, 0.15) is 19.8 Å². The van der Waals surface area contributed by atoms with Crippen LogP contribution < -0.4 is 5.73 Å². The van der Waals surface area contributed by atoms with Gasteiger partial charge in [0.2, 0.25) is 11.8 Å². The van der Waals surface area contributed by atoms with E-state index >= 15 is 0 Å². The Morgan fingerprint density at radius 3 is 2.38 bits per heavy atom. The number of nitrogens with zero attached hydrogens (tertiary/aromatic N) is 1. The summed E-state index contributed by atoms with van der Waals surface area (Å²) in [6.07, 6.45) is 0.645. The minimum Gasteiger partial charge on any atom is -0.393 e. The second kappa shape index (κ2) is 3.83. The predicted octanol–water partition coefficient (Wildman–Crippen LogP) is 0.0576. The van der Waals surface area contributed by atoms with Crippen LogP contribution >= 0.6 is 12.2 Å². The van der Waals surface area contributed by atoms with Gasteiger partial charge in [0.1, 0.15) is 0 Å². The maximum Gasteiger partial charge on any atom is 0.229 e. The Labute approximate surface area is 82.1 Å². The van der Waals surface area contributed by atoms with Crippen LogP contribution in [0.15, 0.2) is 0 Å². The average Bonchev–Trinajstić information content (AvgIpc) is 2.35. The van der Waals surface area contributed by atoms with Gasteiger partial charge in [-0.3, -0.25) is 14.5 Å². The van der Waals surface area contributed by atoms with Gasteiger partial charge in [-0.05, 0) is 0 Å². The van der Waals surface area contributed by atoms with Crippen molar-refractivity contribution in [2.45, 2.75) is 19.8 Å². The lowest BCUT2D eigenvalue weighted by atomic mass is 10.2. The number of rotatable bonds is 3. The van der Waals surface area contributed by atoms with Gasteiger partial charge in [-0.15, -0.1) is 0 Å². The number of thiocarbonyl (C=S) groups is 1. The maximum atomic E-state index is 11.2. The first kappa shape index (κ1) is 10.1. The lowest BCUT2D eigenvalue weighted by Gasteiger charge is -2.17. The Morgan fingerprint density at radius 2 is 2.00 bits per heavy atom. The Bertz CT molecular complexity index is 249. The highest BCUT2D eigenvalue weighted by atomic mass is 32.1. The standard InChI is InChI=1S/C8H12N2O2S/c1-5(8(9)13)4-10-6(11)2-3-7(10)12/h5H,2-4H2,1H3,(H2,9,13). The summed E-state index contributed by atoms with van der Waals surface area (Å²) >= 11 is 4.76. The molecule has 0 saturated carbocycles. The van der Waals surface area contributed by atoms with Crippen LogP contribution in [0.25, 0.3) is 0 Å². The third-order valence-electron chi connectivity index (χ3n) is 2.10. The third kappa shape index (κ3) is 2.24. The molecule has 1 unspecified atom stereocenters. The zero-order chi connectivity index (χ0) is 10.0. The molecule has 1 saturated heterocycles. The van der Waals surface area contributed by atoms with E-state index in [9.17, 15) is 9.59 Å². The quantitative estimate of drug-likeness (QED) is 0.517. The molecule has 0 aliphatic carbocycles. The highest BCUT2D eigenvalue weighted by molar-refractivity contribution is 7.80. The number of imide groups is 1. The van der Waals surface area contributed by atoms with Crippen LogP contribution in [-0.4, -0.2) is 28.2 Å². The molecule has 2 amide bonds. The van der Waals surface area contributed by atoms with Gasteiger partial charge in [-0.1, -0.05) is 19.1 Å². The Balaban J connectivity index is 2.57. The molecule has 1 fully saturated rings. The molecule has 1 atom stereocenters. The van der Waals surface area contributed by atoms with Gasteiger partial charge in [-0.25, -0.2) is 0 Å². The van der Waals surface area contributed by atoms with Crippen molar-refractivity contribution >= 4 is 29.0 Å². The molecule has 4 nitrogen and oxygen atoms in total. The van der Waals surface area contributed by atoms with Crippen LogP contribution in [0.3, 0.4) is 0 Å². The van der Waals surface area contributed by atoms with Crippen molar-refractivity contribution < 1.29 is 9.59 Å². The summed E-state index contributed by atoms with van der Waals surface area (Å²) in [4.78, 5) is 23.9. The van der Waals surface area contributed by atoms with Crippen molar-refractivity contribution in [3.05, 3.63) is 0 Å². The Kier molecular flexibility index (Phi) is 2.98. The van der Waals surface area contributed by atoms with E-state index in [1.807, 2.05) is 0 Å². The molecular formula is C8H12N2O2S. The highest BCUT2D eigenvalue weighted by Crippen LogP contribution is 2.13. The fraction of sp³-hybridized carbons (Fsp3) is 0.625. The van der Waals surface area contributed by atoms with E-state index in [1.165, 1.54) is 4.90 Å². The Hall–Kier alpha value is -0.970. The van der Waals surface area contributed by atoms with E-state index in [2.05, 4.69) is 0 Å². The Morgan fingerprint density at radius 1 is 1.54 bits per heavy atom. The number of hydrogen-bond acceptors (Lipinski definition) is 3. The van der Waals surface area contributed by atoms with Gasteiger partial charge >= 0.3 is 0 Å². The van der Waals surface area contributed by atoms with E-state index in [0.717, 1.165) is 0 Å². The second-order valence-electron chi connectivity index (χ2n) is 3.20.